The molecule has 2 heterocycles. The van der Waals surface area contributed by atoms with Crippen LogP contribution in [-0.2, 0) is 14.8 Å². The third-order valence-corrected chi connectivity index (χ3v) is 8.58. The molecule has 0 spiro atoms. The van der Waals surface area contributed by atoms with E-state index in [2.05, 4.69) is 32.8 Å². The molecule has 0 aromatic heterocycles. The van der Waals surface area contributed by atoms with Gasteiger partial charge in [-0.1, -0.05) is 24.3 Å². The molecule has 40 heavy (non-hydrogen) atoms. The Hall–Kier alpha value is -3.93. The van der Waals surface area contributed by atoms with Crippen LogP contribution in [0.2, 0.25) is 0 Å². The normalized spacial score (nSPS) is 15.7. The fourth-order valence-corrected chi connectivity index (χ4v) is 5.42. The number of para-hydroxylation sites is 1. The van der Waals surface area contributed by atoms with Gasteiger partial charge in [0.05, 0.1) is 34.6 Å². The first-order chi connectivity index (χ1) is 19.1. The van der Waals surface area contributed by atoms with Crippen molar-refractivity contribution in [2.75, 3.05) is 73.3 Å². The highest BCUT2D eigenvalue weighted by Crippen LogP contribution is 2.38. The van der Waals surface area contributed by atoms with E-state index in [9.17, 15) is 18.0 Å². The summed E-state index contributed by atoms with van der Waals surface area (Å²) in [5.74, 6) is -0.356. The number of nitrogens with one attached hydrogen (secondary N) is 3. The van der Waals surface area contributed by atoms with Crippen LogP contribution in [0.5, 0.6) is 0 Å². The van der Waals surface area contributed by atoms with E-state index in [0.29, 0.717) is 47.0 Å². The summed E-state index contributed by atoms with van der Waals surface area (Å²) in [6, 6.07) is 18.0. The number of hydrogen-bond donors (Lipinski definition) is 3. The van der Waals surface area contributed by atoms with Gasteiger partial charge in [0.1, 0.15) is 0 Å². The summed E-state index contributed by atoms with van der Waals surface area (Å²) < 4.78 is 25.7. The highest BCUT2D eigenvalue weighted by atomic mass is 32.2. The van der Waals surface area contributed by atoms with E-state index in [0.717, 1.165) is 43.6 Å². The third kappa shape index (κ3) is 6.11. The summed E-state index contributed by atoms with van der Waals surface area (Å²) in [6.45, 7) is 4.65. The molecule has 210 valence electrons. The minimum absolute atomic E-state index is 0.0718. The first kappa shape index (κ1) is 27.6. The van der Waals surface area contributed by atoms with Gasteiger partial charge < -0.3 is 25.8 Å². The Balaban J connectivity index is 1.33. The fraction of sp³-hybridized carbons (Fsp3) is 0.310. The summed E-state index contributed by atoms with van der Waals surface area (Å²) in [5, 5.41) is 9.22. The van der Waals surface area contributed by atoms with Gasteiger partial charge in [0, 0.05) is 57.4 Å². The fourth-order valence-electron chi connectivity index (χ4n) is 4.91. The second-order valence-corrected chi connectivity index (χ2v) is 12.3. The van der Waals surface area contributed by atoms with Crippen LogP contribution in [0.3, 0.4) is 0 Å². The molecule has 0 saturated carbocycles. The summed E-state index contributed by atoms with van der Waals surface area (Å²) in [4.78, 5) is 30.3. The molecule has 2 aliphatic rings. The Kier molecular flexibility index (Phi) is 7.79. The molecule has 11 heteroatoms. The van der Waals surface area contributed by atoms with Crippen molar-refractivity contribution in [1.29, 1.82) is 0 Å². The number of likely N-dealkylation sites (N-methyl/N-ethyl adjacent to an activating group) is 1. The van der Waals surface area contributed by atoms with Crippen molar-refractivity contribution in [3.8, 4) is 11.1 Å². The van der Waals surface area contributed by atoms with Crippen molar-refractivity contribution < 1.29 is 18.0 Å². The predicted molar refractivity (Wildman–Crippen MR) is 160 cm³/mol. The van der Waals surface area contributed by atoms with E-state index in [4.69, 9.17) is 0 Å². The van der Waals surface area contributed by atoms with E-state index in [-0.39, 0.29) is 11.8 Å². The molecule has 1 fully saturated rings. The van der Waals surface area contributed by atoms with Gasteiger partial charge in [-0.2, -0.15) is 0 Å². The van der Waals surface area contributed by atoms with Gasteiger partial charge in [0.2, 0.25) is 15.9 Å². The summed E-state index contributed by atoms with van der Waals surface area (Å²) >= 11 is 0. The Morgan fingerprint density at radius 1 is 0.925 bits per heavy atom. The minimum atomic E-state index is -3.46. The average Bonchev–Trinajstić information content (AvgIpc) is 3.06. The van der Waals surface area contributed by atoms with E-state index in [1.807, 2.05) is 24.3 Å². The highest BCUT2D eigenvalue weighted by Gasteiger charge is 2.22. The molecule has 2 aliphatic heterocycles. The molecule has 3 N–H and O–H groups in total. The predicted octanol–water partition coefficient (Wildman–Crippen LogP) is 3.63. The topological polar surface area (TPSA) is 114 Å². The molecule has 3 aromatic rings. The van der Waals surface area contributed by atoms with Gasteiger partial charge in [-0.05, 0) is 49.0 Å². The van der Waals surface area contributed by atoms with E-state index in [1.54, 1.807) is 36.4 Å². The Morgan fingerprint density at radius 2 is 1.68 bits per heavy atom. The summed E-state index contributed by atoms with van der Waals surface area (Å²) in [5.41, 5.74) is 4.90. The second-order valence-electron chi connectivity index (χ2n) is 10.3. The number of carbonyl (C=O) groups is 2. The van der Waals surface area contributed by atoms with E-state index < -0.39 is 10.0 Å². The lowest BCUT2D eigenvalue weighted by Crippen LogP contribution is -2.45. The Bertz CT molecular complexity index is 1550. The van der Waals surface area contributed by atoms with Crippen LogP contribution >= 0.6 is 0 Å². The van der Waals surface area contributed by atoms with Crippen molar-refractivity contribution in [3.63, 3.8) is 0 Å². The van der Waals surface area contributed by atoms with Crippen molar-refractivity contribution in [1.82, 2.24) is 9.80 Å². The number of nitrogens with zero attached hydrogens (tertiary/aromatic N) is 3. The number of fused-ring (bicyclic) bond motifs is 2. The zero-order valence-corrected chi connectivity index (χ0v) is 23.7. The summed E-state index contributed by atoms with van der Waals surface area (Å²) in [6.07, 6.45) is 1.56. The van der Waals surface area contributed by atoms with Gasteiger partial charge in [-0.3, -0.25) is 13.9 Å². The minimum Gasteiger partial charge on any atom is -0.353 e. The molecule has 5 rings (SSSR count). The molecule has 0 radical (unpaired) electrons. The van der Waals surface area contributed by atoms with Crippen LogP contribution < -0.4 is 20.3 Å². The van der Waals surface area contributed by atoms with Gasteiger partial charge in [-0.25, -0.2) is 8.42 Å². The molecule has 10 nitrogen and oxygen atoms in total. The number of anilines is 5. The van der Waals surface area contributed by atoms with Crippen LogP contribution in [0, 0.1) is 0 Å². The van der Waals surface area contributed by atoms with Crippen molar-refractivity contribution in [3.05, 3.63) is 66.2 Å². The molecule has 1 saturated heterocycles. The maximum atomic E-state index is 13.1. The lowest BCUT2D eigenvalue weighted by Gasteiger charge is -2.32. The lowest BCUT2D eigenvalue weighted by atomic mass is 10.0. The van der Waals surface area contributed by atoms with Crippen LogP contribution in [0.1, 0.15) is 16.8 Å². The van der Waals surface area contributed by atoms with Gasteiger partial charge in [0.15, 0.2) is 0 Å². The molecule has 2 amide bonds. The number of piperazine rings is 1. The third-order valence-electron chi connectivity index (χ3n) is 7.39. The van der Waals surface area contributed by atoms with Crippen LogP contribution in [0.4, 0.5) is 28.4 Å². The lowest BCUT2D eigenvalue weighted by molar-refractivity contribution is -0.116. The standard InChI is InChI=1S/C29H34N6O4S/c1-33-14-16-35(17-15-33)13-12-28(36)30-21-9-11-24-26(19-21)32-29(37)23-10-8-20(18-25(23)31-24)22-6-4-5-7-27(22)34(2)40(3,38)39/h4-11,18-19,31H,12-17H2,1-3H3,(H,30,36)(H,32,37). The number of hydrogen-bond acceptors (Lipinski definition) is 7. The Labute approximate surface area is 235 Å². The Morgan fingerprint density at radius 3 is 2.42 bits per heavy atom. The van der Waals surface area contributed by atoms with Crippen LogP contribution in [-0.4, -0.2) is 83.1 Å². The zero-order valence-electron chi connectivity index (χ0n) is 22.9. The van der Waals surface area contributed by atoms with Gasteiger partial charge in [-0.15, -0.1) is 0 Å². The monoisotopic (exact) mass is 562 g/mol. The number of rotatable bonds is 7. The van der Waals surface area contributed by atoms with Gasteiger partial charge >= 0.3 is 0 Å². The van der Waals surface area contributed by atoms with Crippen LogP contribution in [0.15, 0.2) is 60.7 Å². The molecule has 0 aliphatic carbocycles. The quantitative estimate of drug-likeness (QED) is 0.403. The first-order valence-corrected chi connectivity index (χ1v) is 15.0. The SMILES string of the molecule is CN1CCN(CCC(=O)Nc2ccc3c(c2)NC(=O)c2ccc(-c4ccccc4N(C)S(C)(=O)=O)cc2N3)CC1. The van der Waals surface area contributed by atoms with E-state index >= 15 is 0 Å². The van der Waals surface area contributed by atoms with Gasteiger partial charge in [0.25, 0.3) is 5.91 Å². The smallest absolute Gasteiger partial charge is 0.257 e. The largest absolute Gasteiger partial charge is 0.353 e. The average molecular weight is 563 g/mol. The molecule has 0 bridgehead atoms. The molecule has 0 atom stereocenters. The molecular weight excluding hydrogens is 528 g/mol. The van der Waals surface area contributed by atoms with Crippen LogP contribution in [0.25, 0.3) is 11.1 Å². The number of sulfonamides is 1. The number of benzene rings is 3. The summed E-state index contributed by atoms with van der Waals surface area (Å²) in [7, 11) is 0.157. The van der Waals surface area contributed by atoms with Crippen molar-refractivity contribution >= 4 is 50.3 Å². The van der Waals surface area contributed by atoms with E-state index in [1.165, 1.54) is 11.4 Å². The maximum absolute atomic E-state index is 13.1. The maximum Gasteiger partial charge on any atom is 0.257 e. The van der Waals surface area contributed by atoms with Crippen molar-refractivity contribution in [2.45, 2.75) is 6.42 Å². The highest BCUT2D eigenvalue weighted by molar-refractivity contribution is 7.92. The molecule has 3 aromatic carbocycles. The van der Waals surface area contributed by atoms with Crippen molar-refractivity contribution in [2.24, 2.45) is 0 Å². The second kappa shape index (κ2) is 11.3. The first-order valence-electron chi connectivity index (χ1n) is 13.2. The number of carbonyl (C=O) groups excluding carboxylic acids is 2. The molecule has 0 unspecified atom stereocenters. The zero-order chi connectivity index (χ0) is 28.4. The number of amides is 2. The molecular formula is C29H34N6O4S.